The quantitative estimate of drug-likeness (QED) is 0.476. The van der Waals surface area contributed by atoms with Crippen molar-refractivity contribution in [2.45, 2.75) is 32.1 Å². The molecule has 7 nitrogen and oxygen atoms in total. The lowest BCUT2D eigenvalue weighted by molar-refractivity contribution is 0.581. The standard InChI is InChI=1S/C17H19ClN6O/c1-21-9-5-3-2-4-7-11-14(18)23-17-22-13(12-8-6-10-25-12)16(20)24(17)15(11)19/h1,6,8,10,19H,2-5,7,9,20H2. The third kappa shape index (κ3) is 3.39. The lowest BCUT2D eigenvalue weighted by atomic mass is 10.1. The van der Waals surface area contributed by atoms with Gasteiger partial charge in [0, 0.05) is 6.42 Å². The minimum Gasteiger partial charge on any atom is -0.481 e. The first-order valence-electron chi connectivity index (χ1n) is 8.12. The van der Waals surface area contributed by atoms with Gasteiger partial charge in [-0.1, -0.05) is 28.7 Å². The Morgan fingerprint density at radius 2 is 2.08 bits per heavy atom. The van der Waals surface area contributed by atoms with E-state index in [1.165, 1.54) is 4.40 Å². The van der Waals surface area contributed by atoms with Gasteiger partial charge in [-0.3, -0.25) is 0 Å². The van der Waals surface area contributed by atoms with Crippen LogP contribution in [0.3, 0.4) is 0 Å². The predicted molar refractivity (Wildman–Crippen MR) is 99.4 cm³/mol. The van der Waals surface area contributed by atoms with Crippen molar-refractivity contribution in [1.29, 1.82) is 0 Å². The maximum atomic E-state index is 8.46. The van der Waals surface area contributed by atoms with Crippen LogP contribution in [0.4, 0.5) is 11.6 Å². The molecule has 0 bridgehead atoms. The molecule has 0 aromatic carbocycles. The van der Waals surface area contributed by atoms with Crippen LogP contribution >= 0.6 is 11.6 Å². The number of nitrogens with zero attached hydrogens (tertiary/aromatic N) is 4. The van der Waals surface area contributed by atoms with Gasteiger partial charge in [0.05, 0.1) is 12.1 Å². The smallest absolute Gasteiger partial charge is 0.263 e. The molecular weight excluding hydrogens is 340 g/mol. The van der Waals surface area contributed by atoms with Crippen LogP contribution in [0, 0.1) is 6.57 Å². The number of anilines is 1. The summed E-state index contributed by atoms with van der Waals surface area (Å²) in [5.41, 5.74) is 15.8. The number of hydrogen-bond donors (Lipinski definition) is 1. The first-order valence-corrected chi connectivity index (χ1v) is 8.49. The molecule has 0 fully saturated rings. The fourth-order valence-corrected chi connectivity index (χ4v) is 3.04. The van der Waals surface area contributed by atoms with Crippen molar-refractivity contribution in [2.75, 3.05) is 12.3 Å². The van der Waals surface area contributed by atoms with Gasteiger partial charge in [-0.25, -0.2) is 9.97 Å². The number of imidazole rings is 1. The Kier molecular flexibility index (Phi) is 5.10. The minimum absolute atomic E-state index is 0.217. The van der Waals surface area contributed by atoms with Gasteiger partial charge >= 0.3 is 0 Å². The van der Waals surface area contributed by atoms with E-state index in [1.54, 1.807) is 18.4 Å². The van der Waals surface area contributed by atoms with Crippen LogP contribution in [-0.4, -0.2) is 20.9 Å². The van der Waals surface area contributed by atoms with E-state index in [-0.39, 0.29) is 5.82 Å². The van der Waals surface area contributed by atoms with Crippen molar-refractivity contribution in [2.24, 2.45) is 0 Å². The number of nitrogen functional groups attached to an aromatic ring is 1. The number of halogens is 1. The van der Waals surface area contributed by atoms with E-state index in [1.807, 2.05) is 0 Å². The number of unbranched alkanes of at least 4 members (excludes halogenated alkanes) is 3. The van der Waals surface area contributed by atoms with Crippen LogP contribution in [0.5, 0.6) is 0 Å². The van der Waals surface area contributed by atoms with Gasteiger partial charge < -0.3 is 20.3 Å². The number of rotatable bonds is 7. The molecule has 0 aliphatic rings. The second-order valence-electron chi connectivity index (χ2n) is 5.76. The normalized spacial score (nSPS) is 11.0. The van der Waals surface area contributed by atoms with Gasteiger partial charge in [0.25, 0.3) is 13.1 Å². The SMILES string of the molecule is C#[N+]CCCCCCc1c(Cl)nc2nc(-c3ccco3)c(N)n2c1[NH-]. The Labute approximate surface area is 150 Å². The lowest BCUT2D eigenvalue weighted by Crippen LogP contribution is -2.01. The van der Waals surface area contributed by atoms with E-state index in [2.05, 4.69) is 14.8 Å². The Hall–Kier alpha value is -2.72. The molecular formula is C17H19ClN6O. The molecule has 0 aliphatic carbocycles. The van der Waals surface area contributed by atoms with Gasteiger partial charge in [0.15, 0.2) is 11.5 Å². The average Bonchev–Trinajstić information content (AvgIpc) is 3.21. The highest BCUT2D eigenvalue weighted by Gasteiger charge is 2.14. The number of aromatic nitrogens is 3. The van der Waals surface area contributed by atoms with Crippen molar-refractivity contribution in [3.63, 3.8) is 0 Å². The van der Waals surface area contributed by atoms with E-state index in [9.17, 15) is 0 Å². The minimum atomic E-state index is 0.217. The van der Waals surface area contributed by atoms with Crippen LogP contribution in [-0.2, 0) is 6.42 Å². The average molecular weight is 359 g/mol. The molecule has 0 atom stereocenters. The highest BCUT2D eigenvalue weighted by Crippen LogP contribution is 2.34. The van der Waals surface area contributed by atoms with Gasteiger partial charge in [-0.2, -0.15) is 0 Å². The second kappa shape index (κ2) is 7.45. The Balaban J connectivity index is 1.85. The fraction of sp³-hybridized carbons (Fsp3) is 0.353. The zero-order chi connectivity index (χ0) is 17.8. The summed E-state index contributed by atoms with van der Waals surface area (Å²) in [6.07, 6.45) is 6.13. The summed E-state index contributed by atoms with van der Waals surface area (Å²) in [5, 5.41) is 0.297. The molecule has 130 valence electrons. The molecule has 0 amide bonds. The first-order chi connectivity index (χ1) is 12.1. The maximum absolute atomic E-state index is 8.46. The highest BCUT2D eigenvalue weighted by atomic mass is 35.5. The van der Waals surface area contributed by atoms with Crippen LogP contribution < -0.4 is 5.73 Å². The zero-order valence-electron chi connectivity index (χ0n) is 13.7. The molecule has 0 spiro atoms. The molecule has 3 N–H and O–H groups in total. The molecule has 0 radical (unpaired) electrons. The van der Waals surface area contributed by atoms with Crippen LogP contribution in [0.15, 0.2) is 22.8 Å². The first kappa shape index (κ1) is 17.1. The van der Waals surface area contributed by atoms with Crippen molar-refractivity contribution in [3.05, 3.63) is 39.7 Å². The Morgan fingerprint density at radius 1 is 1.28 bits per heavy atom. The van der Waals surface area contributed by atoms with E-state index in [0.717, 1.165) is 25.7 Å². The third-order valence-corrected chi connectivity index (χ3v) is 4.38. The third-order valence-electron chi connectivity index (χ3n) is 4.07. The number of furan rings is 1. The van der Waals surface area contributed by atoms with E-state index < -0.39 is 0 Å². The van der Waals surface area contributed by atoms with E-state index in [0.29, 0.717) is 46.7 Å². The number of nitrogens with one attached hydrogen (secondary N) is 1. The molecule has 3 aromatic heterocycles. The molecule has 3 rings (SSSR count). The summed E-state index contributed by atoms with van der Waals surface area (Å²) < 4.78 is 6.85. The fourth-order valence-electron chi connectivity index (χ4n) is 2.78. The van der Waals surface area contributed by atoms with Gasteiger partial charge in [-0.15, -0.1) is 0 Å². The summed E-state index contributed by atoms with van der Waals surface area (Å²) >= 11 is 6.28. The molecule has 3 heterocycles. The zero-order valence-corrected chi connectivity index (χ0v) is 14.5. The van der Waals surface area contributed by atoms with Gasteiger partial charge in [0.2, 0.25) is 0 Å². The topological polar surface area (TPSA) is 97.5 Å². The molecule has 0 saturated heterocycles. The molecule has 3 aromatic rings. The van der Waals surface area contributed by atoms with E-state index >= 15 is 0 Å². The van der Waals surface area contributed by atoms with Gasteiger partial charge in [-0.05, 0) is 37.0 Å². The molecule has 8 heteroatoms. The number of fused-ring (bicyclic) bond motifs is 1. The van der Waals surface area contributed by atoms with E-state index in [4.69, 9.17) is 34.1 Å². The highest BCUT2D eigenvalue weighted by molar-refractivity contribution is 6.30. The summed E-state index contributed by atoms with van der Waals surface area (Å²) in [7, 11) is 0. The molecule has 0 aliphatic heterocycles. The van der Waals surface area contributed by atoms with Crippen LogP contribution in [0.25, 0.3) is 27.8 Å². The maximum Gasteiger partial charge on any atom is 0.263 e. The Bertz CT molecular complexity index is 910. The van der Waals surface area contributed by atoms with Crippen molar-refractivity contribution < 1.29 is 4.42 Å². The van der Waals surface area contributed by atoms with Crippen LogP contribution in [0.2, 0.25) is 5.15 Å². The lowest BCUT2D eigenvalue weighted by Gasteiger charge is -2.17. The second-order valence-corrected chi connectivity index (χ2v) is 6.12. The number of hydrogen-bond acceptors (Lipinski definition) is 4. The summed E-state index contributed by atoms with van der Waals surface area (Å²) in [4.78, 5) is 12.2. The van der Waals surface area contributed by atoms with Gasteiger partial charge in [0.1, 0.15) is 10.8 Å². The number of nitrogens with two attached hydrogens (primary N) is 1. The summed E-state index contributed by atoms with van der Waals surface area (Å²) in [6, 6.07) is 3.52. The summed E-state index contributed by atoms with van der Waals surface area (Å²) in [5.74, 6) is 1.37. The Morgan fingerprint density at radius 3 is 2.80 bits per heavy atom. The molecule has 0 unspecified atom stereocenters. The van der Waals surface area contributed by atoms with Crippen molar-refractivity contribution in [1.82, 2.24) is 14.4 Å². The summed E-state index contributed by atoms with van der Waals surface area (Å²) in [6.45, 7) is 5.81. The van der Waals surface area contributed by atoms with Crippen molar-refractivity contribution >= 4 is 29.0 Å². The largest absolute Gasteiger partial charge is 0.481 e. The molecule has 0 saturated carbocycles. The predicted octanol–water partition coefficient (Wildman–Crippen LogP) is 4.97. The molecule has 25 heavy (non-hydrogen) atoms. The monoisotopic (exact) mass is 358 g/mol. The van der Waals surface area contributed by atoms with Crippen LogP contribution in [0.1, 0.15) is 31.2 Å². The van der Waals surface area contributed by atoms with Crippen molar-refractivity contribution in [3.8, 4) is 18.0 Å².